The molecule has 1 aromatic heterocycles. The van der Waals surface area contributed by atoms with Crippen molar-refractivity contribution in [2.24, 2.45) is 0 Å². The average molecular weight is 137 g/mol. The van der Waals surface area contributed by atoms with Crippen LogP contribution in [0.15, 0.2) is 12.1 Å². The zero-order valence-corrected chi connectivity index (χ0v) is 5.41. The standard InChI is InChI=1S/C7H7NO2/c9-5-6-1-2-7-8(6)3-4-10-7/h1-2,5H,3-4H2. The highest BCUT2D eigenvalue weighted by atomic mass is 16.5. The van der Waals surface area contributed by atoms with Crippen LogP contribution in [0, 0.1) is 0 Å². The van der Waals surface area contributed by atoms with Crippen LogP contribution in [-0.2, 0) is 6.54 Å². The lowest BCUT2D eigenvalue weighted by atomic mass is 10.5. The van der Waals surface area contributed by atoms with E-state index in [1.54, 1.807) is 6.07 Å². The number of rotatable bonds is 1. The summed E-state index contributed by atoms with van der Waals surface area (Å²) in [6.45, 7) is 1.49. The molecule has 1 aliphatic heterocycles. The fourth-order valence-corrected chi connectivity index (χ4v) is 1.17. The van der Waals surface area contributed by atoms with Gasteiger partial charge in [0.15, 0.2) is 12.2 Å². The van der Waals surface area contributed by atoms with Gasteiger partial charge in [-0.25, -0.2) is 0 Å². The average Bonchev–Trinajstić information content (AvgIpc) is 2.44. The lowest BCUT2D eigenvalue weighted by molar-refractivity contribution is 0.111. The maximum atomic E-state index is 10.4. The number of aldehydes is 1. The highest BCUT2D eigenvalue weighted by Gasteiger charge is 2.13. The molecule has 3 nitrogen and oxygen atoms in total. The van der Waals surface area contributed by atoms with Crippen molar-refractivity contribution in [3.63, 3.8) is 0 Å². The van der Waals surface area contributed by atoms with E-state index in [0.717, 1.165) is 18.7 Å². The summed E-state index contributed by atoms with van der Waals surface area (Å²) >= 11 is 0. The zero-order valence-electron chi connectivity index (χ0n) is 5.41. The molecule has 3 heteroatoms. The molecule has 0 saturated heterocycles. The van der Waals surface area contributed by atoms with E-state index >= 15 is 0 Å². The van der Waals surface area contributed by atoms with Gasteiger partial charge in [0.2, 0.25) is 0 Å². The zero-order chi connectivity index (χ0) is 6.97. The Kier molecular flexibility index (Phi) is 1.03. The first-order valence-electron chi connectivity index (χ1n) is 3.19. The number of carbonyl (C=O) groups excluding carboxylic acids is 1. The van der Waals surface area contributed by atoms with E-state index in [4.69, 9.17) is 4.74 Å². The van der Waals surface area contributed by atoms with E-state index in [-0.39, 0.29) is 0 Å². The number of fused-ring (bicyclic) bond motifs is 1. The van der Waals surface area contributed by atoms with Crippen molar-refractivity contribution < 1.29 is 9.53 Å². The molecule has 0 aliphatic carbocycles. The molecule has 0 unspecified atom stereocenters. The molecule has 0 aromatic carbocycles. The molecule has 2 heterocycles. The Bertz CT molecular complexity index is 265. The van der Waals surface area contributed by atoms with Crippen molar-refractivity contribution in [1.29, 1.82) is 0 Å². The minimum atomic E-state index is 0.691. The quantitative estimate of drug-likeness (QED) is 0.533. The van der Waals surface area contributed by atoms with Crippen LogP contribution in [0.1, 0.15) is 10.5 Å². The Morgan fingerprint density at radius 3 is 3.30 bits per heavy atom. The van der Waals surface area contributed by atoms with Gasteiger partial charge in [0.05, 0.1) is 12.2 Å². The van der Waals surface area contributed by atoms with Crippen LogP contribution < -0.4 is 4.74 Å². The summed E-state index contributed by atoms with van der Waals surface area (Å²) in [5, 5.41) is 0. The monoisotopic (exact) mass is 137 g/mol. The van der Waals surface area contributed by atoms with Crippen LogP contribution in [-0.4, -0.2) is 17.5 Å². The molecular formula is C7H7NO2. The maximum absolute atomic E-state index is 10.4. The molecule has 52 valence electrons. The Morgan fingerprint density at radius 1 is 1.60 bits per heavy atom. The summed E-state index contributed by atoms with van der Waals surface area (Å²) in [7, 11) is 0. The minimum Gasteiger partial charge on any atom is -0.477 e. The van der Waals surface area contributed by atoms with Crippen LogP contribution in [0.25, 0.3) is 0 Å². The summed E-state index contributed by atoms with van der Waals surface area (Å²) in [6.07, 6.45) is 0.845. The smallest absolute Gasteiger partial charge is 0.194 e. The van der Waals surface area contributed by atoms with Crippen molar-refractivity contribution >= 4 is 6.29 Å². The van der Waals surface area contributed by atoms with Gasteiger partial charge in [0.25, 0.3) is 0 Å². The molecule has 0 fully saturated rings. The fourth-order valence-electron chi connectivity index (χ4n) is 1.17. The summed E-state index contributed by atoms with van der Waals surface area (Å²) in [5.74, 6) is 0.808. The van der Waals surface area contributed by atoms with Gasteiger partial charge < -0.3 is 9.30 Å². The first-order chi connectivity index (χ1) is 4.92. The van der Waals surface area contributed by atoms with Crippen LogP contribution in [0.2, 0.25) is 0 Å². The van der Waals surface area contributed by atoms with Gasteiger partial charge in [-0.05, 0) is 6.07 Å². The van der Waals surface area contributed by atoms with Gasteiger partial charge in [0, 0.05) is 6.07 Å². The number of carbonyl (C=O) groups is 1. The normalized spacial score (nSPS) is 14.4. The fraction of sp³-hybridized carbons (Fsp3) is 0.286. The second-order valence-electron chi connectivity index (χ2n) is 2.21. The molecule has 1 aromatic rings. The molecule has 1 aliphatic rings. The van der Waals surface area contributed by atoms with E-state index in [1.807, 2.05) is 10.6 Å². The lowest BCUT2D eigenvalue weighted by Gasteiger charge is -1.93. The molecule has 2 rings (SSSR count). The third-order valence-corrected chi connectivity index (χ3v) is 1.66. The highest BCUT2D eigenvalue weighted by molar-refractivity contribution is 5.73. The second kappa shape index (κ2) is 1.87. The largest absolute Gasteiger partial charge is 0.477 e. The van der Waals surface area contributed by atoms with Crippen molar-refractivity contribution in [1.82, 2.24) is 4.57 Å². The topological polar surface area (TPSA) is 31.2 Å². The van der Waals surface area contributed by atoms with Crippen molar-refractivity contribution in [3.8, 4) is 5.88 Å². The van der Waals surface area contributed by atoms with Gasteiger partial charge in [0.1, 0.15) is 6.61 Å². The second-order valence-corrected chi connectivity index (χ2v) is 2.21. The van der Waals surface area contributed by atoms with E-state index in [9.17, 15) is 4.79 Å². The van der Waals surface area contributed by atoms with Crippen LogP contribution >= 0.6 is 0 Å². The molecule has 0 amide bonds. The Labute approximate surface area is 58.2 Å². The summed E-state index contributed by atoms with van der Waals surface area (Å²) in [6, 6.07) is 3.58. The summed E-state index contributed by atoms with van der Waals surface area (Å²) in [5.41, 5.74) is 0.701. The number of nitrogens with zero attached hydrogens (tertiary/aromatic N) is 1. The predicted octanol–water partition coefficient (Wildman–Crippen LogP) is 0.693. The number of hydrogen-bond acceptors (Lipinski definition) is 2. The molecule has 0 spiro atoms. The molecule has 10 heavy (non-hydrogen) atoms. The molecule has 0 N–H and O–H groups in total. The van der Waals surface area contributed by atoms with Gasteiger partial charge in [-0.2, -0.15) is 0 Å². The molecule has 0 saturated carbocycles. The van der Waals surface area contributed by atoms with E-state index in [2.05, 4.69) is 0 Å². The van der Waals surface area contributed by atoms with Crippen molar-refractivity contribution in [2.75, 3.05) is 6.61 Å². The first-order valence-corrected chi connectivity index (χ1v) is 3.19. The van der Waals surface area contributed by atoms with Gasteiger partial charge in [-0.1, -0.05) is 0 Å². The molecule has 0 atom stereocenters. The van der Waals surface area contributed by atoms with Gasteiger partial charge >= 0.3 is 0 Å². The Balaban J connectivity index is 2.53. The molecule has 0 bridgehead atoms. The van der Waals surface area contributed by atoms with Crippen LogP contribution in [0.4, 0.5) is 0 Å². The maximum Gasteiger partial charge on any atom is 0.194 e. The van der Waals surface area contributed by atoms with E-state index in [1.165, 1.54) is 0 Å². The third-order valence-electron chi connectivity index (χ3n) is 1.66. The number of ether oxygens (including phenoxy) is 1. The number of aromatic nitrogens is 1. The van der Waals surface area contributed by atoms with E-state index in [0.29, 0.717) is 12.3 Å². The Hall–Kier alpha value is -1.25. The molecular weight excluding hydrogens is 130 g/mol. The summed E-state index contributed by atoms with van der Waals surface area (Å²) in [4.78, 5) is 10.4. The van der Waals surface area contributed by atoms with Gasteiger partial charge in [-0.15, -0.1) is 0 Å². The van der Waals surface area contributed by atoms with Crippen LogP contribution in [0.5, 0.6) is 5.88 Å². The highest BCUT2D eigenvalue weighted by Crippen LogP contribution is 2.20. The minimum absolute atomic E-state index is 0.691. The Morgan fingerprint density at radius 2 is 2.50 bits per heavy atom. The van der Waals surface area contributed by atoms with E-state index < -0.39 is 0 Å². The van der Waals surface area contributed by atoms with Gasteiger partial charge in [-0.3, -0.25) is 4.79 Å². The summed E-state index contributed by atoms with van der Waals surface area (Å²) < 4.78 is 7.05. The predicted molar refractivity (Wildman–Crippen MR) is 35.3 cm³/mol. The molecule has 0 radical (unpaired) electrons. The van der Waals surface area contributed by atoms with Crippen molar-refractivity contribution in [3.05, 3.63) is 17.8 Å². The SMILES string of the molecule is O=Cc1ccc2n1CCO2. The van der Waals surface area contributed by atoms with Crippen LogP contribution in [0.3, 0.4) is 0 Å². The van der Waals surface area contributed by atoms with Crippen molar-refractivity contribution in [2.45, 2.75) is 6.54 Å². The number of hydrogen-bond donors (Lipinski definition) is 0. The third kappa shape index (κ3) is 0.572. The first kappa shape index (κ1) is 5.53. The lowest BCUT2D eigenvalue weighted by Crippen LogP contribution is -1.97.